The topological polar surface area (TPSA) is 17.8 Å². The van der Waals surface area contributed by atoms with Crippen molar-refractivity contribution in [1.29, 1.82) is 0 Å². The molecule has 0 N–H and O–H groups in total. The second kappa shape index (κ2) is 3.40. The van der Waals surface area contributed by atoms with Crippen LogP contribution in [0.15, 0.2) is 0 Å². The third-order valence-electron chi connectivity index (χ3n) is 1.97. The Kier molecular flexibility index (Phi) is 2.80. The molecule has 1 aromatic rings. The highest BCUT2D eigenvalue weighted by Gasteiger charge is 2.40. The Morgan fingerprint density at radius 3 is 1.87 bits per heavy atom. The average molecular weight is 241 g/mol. The van der Waals surface area contributed by atoms with Gasteiger partial charge in [-0.05, 0) is 0 Å². The van der Waals surface area contributed by atoms with Crippen LogP contribution in [0, 0.1) is 0 Å². The first-order chi connectivity index (χ1) is 6.55. The Morgan fingerprint density at radius 1 is 1.20 bits per heavy atom. The molecule has 0 saturated heterocycles. The lowest BCUT2D eigenvalue weighted by Gasteiger charge is -2.19. The van der Waals surface area contributed by atoms with E-state index in [0.29, 0.717) is 5.69 Å². The SMILES string of the molecule is Cn1nc(C(F)(F)F)c(Cl)c1C(C)(C)C. The van der Waals surface area contributed by atoms with E-state index in [1.807, 2.05) is 0 Å². The van der Waals surface area contributed by atoms with Crippen molar-refractivity contribution >= 4 is 11.6 Å². The van der Waals surface area contributed by atoms with Gasteiger partial charge in [-0.1, -0.05) is 32.4 Å². The molecule has 86 valence electrons. The molecule has 1 rings (SSSR count). The van der Waals surface area contributed by atoms with Crippen LogP contribution in [0.1, 0.15) is 32.2 Å². The van der Waals surface area contributed by atoms with Crippen LogP contribution in [0.2, 0.25) is 5.02 Å². The first-order valence-electron chi connectivity index (χ1n) is 4.35. The summed E-state index contributed by atoms with van der Waals surface area (Å²) in [5.74, 6) is 0. The van der Waals surface area contributed by atoms with Gasteiger partial charge in [0, 0.05) is 12.5 Å². The van der Waals surface area contributed by atoms with E-state index in [4.69, 9.17) is 11.6 Å². The number of halogens is 4. The lowest BCUT2D eigenvalue weighted by Crippen LogP contribution is -2.16. The number of aromatic nitrogens is 2. The molecule has 0 aliphatic heterocycles. The molecule has 0 fully saturated rings. The Balaban J connectivity index is 3.41. The third kappa shape index (κ3) is 2.27. The van der Waals surface area contributed by atoms with Gasteiger partial charge >= 0.3 is 6.18 Å². The van der Waals surface area contributed by atoms with E-state index in [1.54, 1.807) is 20.8 Å². The Morgan fingerprint density at radius 2 is 1.67 bits per heavy atom. The third-order valence-corrected chi connectivity index (χ3v) is 2.33. The van der Waals surface area contributed by atoms with E-state index >= 15 is 0 Å². The molecule has 0 unspecified atom stereocenters. The van der Waals surface area contributed by atoms with Crippen LogP contribution >= 0.6 is 11.6 Å². The molecule has 0 spiro atoms. The molecule has 2 nitrogen and oxygen atoms in total. The quantitative estimate of drug-likeness (QED) is 0.680. The second-order valence-electron chi connectivity index (χ2n) is 4.38. The highest BCUT2D eigenvalue weighted by atomic mass is 35.5. The number of aryl methyl sites for hydroxylation is 1. The summed E-state index contributed by atoms with van der Waals surface area (Å²) in [5.41, 5.74) is -1.10. The highest BCUT2D eigenvalue weighted by Crippen LogP contribution is 2.39. The molecule has 1 aromatic heterocycles. The Hall–Kier alpha value is -0.710. The maximum Gasteiger partial charge on any atom is 0.436 e. The molecule has 0 atom stereocenters. The molecule has 15 heavy (non-hydrogen) atoms. The number of hydrogen-bond acceptors (Lipinski definition) is 1. The Bertz CT molecular complexity index is 374. The van der Waals surface area contributed by atoms with Gasteiger partial charge in [-0.25, -0.2) is 0 Å². The van der Waals surface area contributed by atoms with E-state index in [2.05, 4.69) is 5.10 Å². The molecule has 0 radical (unpaired) electrons. The summed E-state index contributed by atoms with van der Waals surface area (Å²) in [6.07, 6.45) is -4.50. The first kappa shape index (κ1) is 12.4. The summed E-state index contributed by atoms with van der Waals surface area (Å²) in [6.45, 7) is 5.36. The molecule has 6 heteroatoms. The minimum absolute atomic E-state index is 0.308. The van der Waals surface area contributed by atoms with E-state index in [1.165, 1.54) is 11.7 Å². The van der Waals surface area contributed by atoms with Crippen molar-refractivity contribution in [2.75, 3.05) is 0 Å². The van der Waals surface area contributed by atoms with E-state index in [-0.39, 0.29) is 5.02 Å². The summed E-state index contributed by atoms with van der Waals surface area (Å²) < 4.78 is 38.6. The van der Waals surface area contributed by atoms with Gasteiger partial charge in [0.15, 0.2) is 5.69 Å². The van der Waals surface area contributed by atoms with Gasteiger partial charge in [-0.15, -0.1) is 0 Å². The largest absolute Gasteiger partial charge is 0.436 e. The van der Waals surface area contributed by atoms with Crippen LogP contribution < -0.4 is 0 Å². The second-order valence-corrected chi connectivity index (χ2v) is 4.76. The van der Waals surface area contributed by atoms with Gasteiger partial charge < -0.3 is 0 Å². The van der Waals surface area contributed by atoms with Crippen LogP contribution in [0.5, 0.6) is 0 Å². The lowest BCUT2D eigenvalue weighted by atomic mass is 9.92. The fourth-order valence-corrected chi connectivity index (χ4v) is 2.04. The van der Waals surface area contributed by atoms with Crippen LogP contribution in [0.25, 0.3) is 0 Å². The molecule has 0 amide bonds. The van der Waals surface area contributed by atoms with Gasteiger partial charge in [0.05, 0.1) is 10.7 Å². The molecule has 0 aliphatic carbocycles. The molecule has 0 aromatic carbocycles. The van der Waals surface area contributed by atoms with Gasteiger partial charge in [0.1, 0.15) is 0 Å². The van der Waals surface area contributed by atoms with Gasteiger partial charge in [0.25, 0.3) is 0 Å². The fraction of sp³-hybridized carbons (Fsp3) is 0.667. The van der Waals surface area contributed by atoms with E-state index in [0.717, 1.165) is 0 Å². The fourth-order valence-electron chi connectivity index (χ4n) is 1.49. The zero-order valence-corrected chi connectivity index (χ0v) is 9.66. The Labute approximate surface area is 91.0 Å². The molecule has 0 saturated carbocycles. The van der Waals surface area contributed by atoms with Crippen LogP contribution in [0.3, 0.4) is 0 Å². The number of rotatable bonds is 0. The minimum Gasteiger partial charge on any atom is -0.270 e. The van der Waals surface area contributed by atoms with Crippen LogP contribution in [-0.4, -0.2) is 9.78 Å². The van der Waals surface area contributed by atoms with Crippen molar-refractivity contribution in [3.8, 4) is 0 Å². The first-order valence-corrected chi connectivity index (χ1v) is 4.73. The van der Waals surface area contributed by atoms with E-state index < -0.39 is 17.3 Å². The number of hydrogen-bond donors (Lipinski definition) is 0. The summed E-state index contributed by atoms with van der Waals surface area (Å²) in [4.78, 5) is 0. The minimum atomic E-state index is -4.50. The molecule has 1 heterocycles. The van der Waals surface area contributed by atoms with Crippen molar-refractivity contribution in [2.24, 2.45) is 7.05 Å². The number of nitrogens with zero attached hydrogens (tertiary/aromatic N) is 2. The summed E-state index contributed by atoms with van der Waals surface area (Å²) >= 11 is 5.70. The zero-order valence-electron chi connectivity index (χ0n) is 8.91. The van der Waals surface area contributed by atoms with E-state index in [9.17, 15) is 13.2 Å². The van der Waals surface area contributed by atoms with Gasteiger partial charge in [-0.2, -0.15) is 18.3 Å². The van der Waals surface area contributed by atoms with Crippen molar-refractivity contribution < 1.29 is 13.2 Å². The molecule has 0 aliphatic rings. The smallest absolute Gasteiger partial charge is 0.270 e. The molecule has 0 bridgehead atoms. The zero-order chi connectivity index (χ0) is 12.0. The normalized spacial score (nSPS) is 13.3. The van der Waals surface area contributed by atoms with Crippen LogP contribution in [-0.2, 0) is 18.6 Å². The van der Waals surface area contributed by atoms with Crippen LogP contribution in [0.4, 0.5) is 13.2 Å². The lowest BCUT2D eigenvalue weighted by molar-refractivity contribution is -0.141. The maximum atomic E-state index is 12.5. The van der Waals surface area contributed by atoms with Crippen molar-refractivity contribution in [1.82, 2.24) is 9.78 Å². The molecular weight excluding hydrogens is 229 g/mol. The van der Waals surface area contributed by atoms with Crippen molar-refractivity contribution in [2.45, 2.75) is 32.4 Å². The summed E-state index contributed by atoms with van der Waals surface area (Å²) in [5, 5.41) is 3.10. The summed E-state index contributed by atoms with van der Waals surface area (Å²) in [6, 6.07) is 0. The van der Waals surface area contributed by atoms with Crippen molar-refractivity contribution in [3.05, 3.63) is 16.4 Å². The predicted molar refractivity (Wildman–Crippen MR) is 51.9 cm³/mol. The maximum absolute atomic E-state index is 12.5. The standard InChI is InChI=1S/C9H12ClF3N2/c1-8(2,3)7-5(10)6(9(11,12)13)14-15(7)4/h1-4H3. The number of alkyl halides is 3. The van der Waals surface area contributed by atoms with Gasteiger partial charge in [0.2, 0.25) is 0 Å². The summed E-state index contributed by atoms with van der Waals surface area (Å²) in [7, 11) is 1.46. The predicted octanol–water partition coefficient (Wildman–Crippen LogP) is 3.39. The average Bonchev–Trinajstić information content (AvgIpc) is 2.22. The monoisotopic (exact) mass is 240 g/mol. The van der Waals surface area contributed by atoms with Crippen molar-refractivity contribution in [3.63, 3.8) is 0 Å². The van der Waals surface area contributed by atoms with Gasteiger partial charge in [-0.3, -0.25) is 4.68 Å². The molecular formula is C9H12ClF3N2. The highest BCUT2D eigenvalue weighted by molar-refractivity contribution is 6.32.